The zero-order chi connectivity index (χ0) is 26.7. The van der Waals surface area contributed by atoms with Gasteiger partial charge in [-0.2, -0.15) is 4.31 Å². The summed E-state index contributed by atoms with van der Waals surface area (Å²) in [4.78, 5) is 27.9. The minimum absolute atomic E-state index is 0.0724. The molecule has 0 aromatic heterocycles. The molecule has 1 aliphatic heterocycles. The van der Waals surface area contributed by atoms with Crippen LogP contribution < -0.4 is 5.32 Å². The van der Waals surface area contributed by atoms with Crippen LogP contribution in [0.2, 0.25) is 0 Å². The van der Waals surface area contributed by atoms with Crippen molar-refractivity contribution in [2.45, 2.75) is 63.6 Å². The van der Waals surface area contributed by atoms with Crippen molar-refractivity contribution in [1.82, 2.24) is 14.5 Å². The molecule has 1 heterocycles. The molecule has 1 fully saturated rings. The van der Waals surface area contributed by atoms with Crippen LogP contribution in [0.1, 0.15) is 38.8 Å². The van der Waals surface area contributed by atoms with E-state index in [-0.39, 0.29) is 42.8 Å². The van der Waals surface area contributed by atoms with Crippen LogP contribution >= 0.6 is 0 Å². The Morgan fingerprint density at radius 1 is 1.03 bits per heavy atom. The SMILES string of the molecule is CC(C)C(=O)N1C(C)CN(S(=O)(=O)c2ccccc2)CC1C(=O)NCc1ccc(CC(C)(F)F)cc1. The Morgan fingerprint density at radius 3 is 2.17 bits per heavy atom. The minimum atomic E-state index is -3.86. The molecular formula is C26H33F2N3O4S. The summed E-state index contributed by atoms with van der Waals surface area (Å²) in [6.07, 6.45) is -0.377. The number of alkyl halides is 2. The molecule has 2 amide bonds. The summed E-state index contributed by atoms with van der Waals surface area (Å²) < 4.78 is 54.3. The van der Waals surface area contributed by atoms with Crippen molar-refractivity contribution in [1.29, 1.82) is 0 Å². The van der Waals surface area contributed by atoms with Gasteiger partial charge in [0.2, 0.25) is 27.8 Å². The van der Waals surface area contributed by atoms with Gasteiger partial charge in [0.1, 0.15) is 6.04 Å². The van der Waals surface area contributed by atoms with Crippen molar-refractivity contribution in [2.24, 2.45) is 5.92 Å². The molecular weight excluding hydrogens is 488 g/mol. The third-order valence-electron chi connectivity index (χ3n) is 6.09. The van der Waals surface area contributed by atoms with E-state index in [2.05, 4.69) is 5.32 Å². The Hall–Kier alpha value is -2.85. The number of hydrogen-bond acceptors (Lipinski definition) is 4. The molecule has 0 spiro atoms. The van der Waals surface area contributed by atoms with Crippen molar-refractivity contribution < 1.29 is 26.8 Å². The highest BCUT2D eigenvalue weighted by atomic mass is 32.2. The lowest BCUT2D eigenvalue weighted by molar-refractivity contribution is -0.148. The monoisotopic (exact) mass is 521 g/mol. The minimum Gasteiger partial charge on any atom is -0.350 e. The average Bonchev–Trinajstić information content (AvgIpc) is 2.82. The molecule has 1 N–H and O–H groups in total. The lowest BCUT2D eigenvalue weighted by Gasteiger charge is -2.44. The van der Waals surface area contributed by atoms with Crippen molar-refractivity contribution in [3.63, 3.8) is 0 Å². The molecule has 196 valence electrons. The molecule has 1 aliphatic rings. The maximum absolute atomic E-state index is 13.3. The topological polar surface area (TPSA) is 86.8 Å². The second-order valence-corrected chi connectivity index (χ2v) is 11.6. The molecule has 2 unspecified atom stereocenters. The molecule has 10 heteroatoms. The number of carbonyl (C=O) groups excluding carboxylic acids is 2. The fraction of sp³-hybridized carbons (Fsp3) is 0.462. The first kappa shape index (κ1) is 27.7. The van der Waals surface area contributed by atoms with Crippen LogP contribution in [-0.4, -0.2) is 60.5 Å². The normalized spacial score (nSPS) is 19.4. The molecule has 0 radical (unpaired) electrons. The summed E-state index contributed by atoms with van der Waals surface area (Å²) in [6, 6.07) is 12.9. The first-order valence-electron chi connectivity index (χ1n) is 11.9. The summed E-state index contributed by atoms with van der Waals surface area (Å²) in [5.74, 6) is -3.90. The summed E-state index contributed by atoms with van der Waals surface area (Å²) >= 11 is 0. The number of hydrogen-bond donors (Lipinski definition) is 1. The predicted molar refractivity (Wildman–Crippen MR) is 133 cm³/mol. The van der Waals surface area contributed by atoms with E-state index in [4.69, 9.17) is 0 Å². The summed E-state index contributed by atoms with van der Waals surface area (Å²) in [5, 5.41) is 2.79. The van der Waals surface area contributed by atoms with Gasteiger partial charge in [-0.25, -0.2) is 17.2 Å². The largest absolute Gasteiger partial charge is 0.350 e. The Labute approximate surface area is 211 Å². The summed E-state index contributed by atoms with van der Waals surface area (Å²) in [5.41, 5.74) is 1.18. The van der Waals surface area contributed by atoms with E-state index in [0.717, 1.165) is 6.92 Å². The van der Waals surface area contributed by atoms with Crippen molar-refractivity contribution >= 4 is 21.8 Å². The van der Waals surface area contributed by atoms with Crippen LogP contribution in [0.5, 0.6) is 0 Å². The third-order valence-corrected chi connectivity index (χ3v) is 7.94. The zero-order valence-electron chi connectivity index (χ0n) is 20.9. The lowest BCUT2D eigenvalue weighted by Crippen LogP contribution is -2.65. The van der Waals surface area contributed by atoms with E-state index < -0.39 is 33.9 Å². The molecule has 3 rings (SSSR count). The number of piperazine rings is 1. The fourth-order valence-corrected chi connectivity index (χ4v) is 5.85. The van der Waals surface area contributed by atoms with Gasteiger partial charge in [-0.1, -0.05) is 56.3 Å². The maximum atomic E-state index is 13.3. The van der Waals surface area contributed by atoms with Gasteiger partial charge in [-0.05, 0) is 37.1 Å². The van der Waals surface area contributed by atoms with Gasteiger partial charge in [0.15, 0.2) is 0 Å². The Bertz CT molecular complexity index is 1170. The third kappa shape index (κ3) is 6.67. The van der Waals surface area contributed by atoms with Crippen LogP contribution in [0, 0.1) is 5.92 Å². The molecule has 2 atom stereocenters. The van der Waals surface area contributed by atoms with Crippen LogP contribution in [0.3, 0.4) is 0 Å². The molecule has 36 heavy (non-hydrogen) atoms. The molecule has 0 aliphatic carbocycles. The standard InChI is InChI=1S/C26H33F2N3O4S/c1-18(2)25(33)31-19(3)16-30(36(34,35)22-8-6-5-7-9-22)17-23(31)24(32)29-15-21-12-10-20(11-13-21)14-26(4,27)28/h5-13,18-19,23H,14-17H2,1-4H3,(H,29,32). The van der Waals surface area contributed by atoms with Crippen LogP contribution in [0.15, 0.2) is 59.5 Å². The van der Waals surface area contributed by atoms with E-state index in [0.29, 0.717) is 11.1 Å². The number of benzene rings is 2. The number of carbonyl (C=O) groups is 2. The Kier molecular flexibility index (Phi) is 8.51. The highest BCUT2D eigenvalue weighted by Gasteiger charge is 2.43. The van der Waals surface area contributed by atoms with Crippen LogP contribution in [0.4, 0.5) is 8.78 Å². The lowest BCUT2D eigenvalue weighted by atomic mass is 10.0. The van der Waals surface area contributed by atoms with Crippen LogP contribution in [0.25, 0.3) is 0 Å². The maximum Gasteiger partial charge on any atom is 0.249 e. The number of nitrogens with zero attached hydrogens (tertiary/aromatic N) is 2. The number of rotatable bonds is 8. The predicted octanol–water partition coefficient (Wildman–Crippen LogP) is 3.45. The fourth-order valence-electron chi connectivity index (χ4n) is 4.30. The second-order valence-electron chi connectivity index (χ2n) is 9.68. The first-order valence-corrected chi connectivity index (χ1v) is 13.3. The zero-order valence-corrected chi connectivity index (χ0v) is 21.8. The van der Waals surface area contributed by atoms with Crippen LogP contribution in [-0.2, 0) is 32.6 Å². The van der Waals surface area contributed by atoms with Crippen molar-refractivity contribution in [3.8, 4) is 0 Å². The van der Waals surface area contributed by atoms with Gasteiger partial charge in [-0.15, -0.1) is 0 Å². The van der Waals surface area contributed by atoms with Crippen molar-refractivity contribution in [2.75, 3.05) is 13.1 Å². The molecule has 1 saturated heterocycles. The summed E-state index contributed by atoms with van der Waals surface area (Å²) in [6.45, 7) is 6.07. The highest BCUT2D eigenvalue weighted by molar-refractivity contribution is 7.89. The van der Waals surface area contributed by atoms with E-state index in [1.165, 1.54) is 21.3 Å². The van der Waals surface area contributed by atoms with E-state index in [1.54, 1.807) is 63.2 Å². The summed E-state index contributed by atoms with van der Waals surface area (Å²) in [7, 11) is -3.86. The van der Waals surface area contributed by atoms with Gasteiger partial charge >= 0.3 is 0 Å². The number of halogens is 2. The average molecular weight is 522 g/mol. The number of sulfonamides is 1. The van der Waals surface area contributed by atoms with Gasteiger partial charge in [-0.3, -0.25) is 9.59 Å². The Morgan fingerprint density at radius 2 is 1.61 bits per heavy atom. The smallest absolute Gasteiger partial charge is 0.249 e. The molecule has 2 aromatic rings. The molecule has 2 aromatic carbocycles. The quantitative estimate of drug-likeness (QED) is 0.577. The number of amides is 2. The van der Waals surface area contributed by atoms with E-state index >= 15 is 0 Å². The molecule has 0 saturated carbocycles. The highest BCUT2D eigenvalue weighted by Crippen LogP contribution is 2.25. The second kappa shape index (κ2) is 11.0. The van der Waals surface area contributed by atoms with Gasteiger partial charge < -0.3 is 10.2 Å². The van der Waals surface area contributed by atoms with Crippen molar-refractivity contribution in [3.05, 3.63) is 65.7 Å². The first-order chi connectivity index (χ1) is 16.8. The van der Waals surface area contributed by atoms with E-state index in [9.17, 15) is 26.8 Å². The van der Waals surface area contributed by atoms with E-state index in [1.807, 2.05) is 0 Å². The number of nitrogens with one attached hydrogen (secondary N) is 1. The molecule has 0 bridgehead atoms. The van der Waals surface area contributed by atoms with Gasteiger partial charge in [0.05, 0.1) is 4.90 Å². The van der Waals surface area contributed by atoms with Gasteiger partial charge in [0, 0.05) is 38.0 Å². The van der Waals surface area contributed by atoms with Gasteiger partial charge in [0.25, 0.3) is 0 Å². The molecule has 7 nitrogen and oxygen atoms in total. The Balaban J connectivity index is 1.79.